The van der Waals surface area contributed by atoms with E-state index in [1.54, 1.807) is 0 Å². The van der Waals surface area contributed by atoms with Gasteiger partial charge in [-0.1, -0.05) is 20.8 Å². The van der Waals surface area contributed by atoms with Crippen LogP contribution in [0.3, 0.4) is 0 Å². The number of hydrogen-bond acceptors (Lipinski definition) is 2. The molecule has 0 amide bonds. The first-order valence-corrected chi connectivity index (χ1v) is 7.72. The number of nitrogens with one attached hydrogen (secondary N) is 1. The Morgan fingerprint density at radius 1 is 1.21 bits per heavy atom. The van der Waals surface area contributed by atoms with Crippen LogP contribution in [0.4, 0.5) is 0 Å². The molecule has 0 aliphatic heterocycles. The lowest BCUT2D eigenvalue weighted by Crippen LogP contribution is -2.31. The molecule has 19 heavy (non-hydrogen) atoms. The van der Waals surface area contributed by atoms with Gasteiger partial charge in [0.15, 0.2) is 0 Å². The molecule has 0 saturated heterocycles. The average molecular weight is 263 g/mol. The summed E-state index contributed by atoms with van der Waals surface area (Å²) in [5, 5.41) is 3.60. The first-order valence-electron chi connectivity index (χ1n) is 7.72. The van der Waals surface area contributed by atoms with Gasteiger partial charge in [0.2, 0.25) is 0 Å². The van der Waals surface area contributed by atoms with Gasteiger partial charge in [0, 0.05) is 25.5 Å². The zero-order chi connectivity index (χ0) is 13.7. The average Bonchev–Trinajstić information content (AvgIpc) is 2.87. The Balaban J connectivity index is 1.58. The van der Waals surface area contributed by atoms with Crippen molar-refractivity contribution in [2.75, 3.05) is 13.1 Å². The Labute approximate surface area is 117 Å². The largest absolute Gasteiger partial charge is 0.336 e. The van der Waals surface area contributed by atoms with Gasteiger partial charge in [-0.25, -0.2) is 4.98 Å². The SMILES string of the molecule is CC(C)(C)C1CCC(CNCCn2ccnc2)CC1. The zero-order valence-electron chi connectivity index (χ0n) is 12.7. The van der Waals surface area contributed by atoms with E-state index < -0.39 is 0 Å². The van der Waals surface area contributed by atoms with E-state index in [2.05, 4.69) is 35.6 Å². The van der Waals surface area contributed by atoms with Gasteiger partial charge in [-0.3, -0.25) is 0 Å². The highest BCUT2D eigenvalue weighted by atomic mass is 15.0. The van der Waals surface area contributed by atoms with Crippen LogP contribution in [0.25, 0.3) is 0 Å². The topological polar surface area (TPSA) is 29.9 Å². The molecule has 1 aliphatic carbocycles. The molecule has 0 aromatic carbocycles. The van der Waals surface area contributed by atoms with E-state index in [4.69, 9.17) is 0 Å². The molecule has 0 radical (unpaired) electrons. The van der Waals surface area contributed by atoms with Crippen molar-refractivity contribution in [3.8, 4) is 0 Å². The molecule has 0 bridgehead atoms. The number of hydrogen-bond donors (Lipinski definition) is 1. The number of rotatable bonds is 5. The van der Waals surface area contributed by atoms with Crippen molar-refractivity contribution in [2.24, 2.45) is 17.3 Å². The van der Waals surface area contributed by atoms with Crippen molar-refractivity contribution in [1.29, 1.82) is 0 Å². The fraction of sp³-hybridized carbons (Fsp3) is 0.812. The minimum atomic E-state index is 0.500. The summed E-state index contributed by atoms with van der Waals surface area (Å²) in [6.45, 7) is 10.4. The molecule has 1 aromatic heterocycles. The maximum Gasteiger partial charge on any atom is 0.0946 e. The second-order valence-electron chi connectivity index (χ2n) is 7.09. The highest BCUT2D eigenvalue weighted by Crippen LogP contribution is 2.39. The van der Waals surface area contributed by atoms with E-state index in [-0.39, 0.29) is 0 Å². The molecule has 1 heterocycles. The molecule has 3 heteroatoms. The molecule has 1 aromatic rings. The first-order chi connectivity index (χ1) is 9.05. The van der Waals surface area contributed by atoms with Gasteiger partial charge in [0.05, 0.1) is 6.33 Å². The molecule has 1 fully saturated rings. The van der Waals surface area contributed by atoms with E-state index in [1.807, 2.05) is 18.7 Å². The van der Waals surface area contributed by atoms with Crippen molar-refractivity contribution >= 4 is 0 Å². The predicted octanol–water partition coefficient (Wildman–Crippen LogP) is 3.33. The number of imidazole rings is 1. The summed E-state index contributed by atoms with van der Waals surface area (Å²) in [5.41, 5.74) is 0.500. The Morgan fingerprint density at radius 2 is 1.95 bits per heavy atom. The maximum atomic E-state index is 4.06. The fourth-order valence-corrected chi connectivity index (χ4v) is 3.17. The third kappa shape index (κ3) is 4.64. The van der Waals surface area contributed by atoms with Gasteiger partial charge >= 0.3 is 0 Å². The molecule has 3 nitrogen and oxygen atoms in total. The van der Waals surface area contributed by atoms with Gasteiger partial charge in [-0.05, 0) is 49.5 Å². The van der Waals surface area contributed by atoms with E-state index in [0.717, 1.165) is 24.9 Å². The van der Waals surface area contributed by atoms with E-state index >= 15 is 0 Å². The third-order valence-corrected chi connectivity index (χ3v) is 4.61. The molecule has 0 spiro atoms. The normalized spacial score (nSPS) is 24.6. The van der Waals surface area contributed by atoms with Crippen molar-refractivity contribution in [3.05, 3.63) is 18.7 Å². The minimum Gasteiger partial charge on any atom is -0.336 e. The van der Waals surface area contributed by atoms with Crippen LogP contribution in [-0.4, -0.2) is 22.6 Å². The fourth-order valence-electron chi connectivity index (χ4n) is 3.17. The number of nitrogens with zero attached hydrogens (tertiary/aromatic N) is 2. The third-order valence-electron chi connectivity index (χ3n) is 4.61. The molecular formula is C16H29N3. The molecule has 0 unspecified atom stereocenters. The second kappa shape index (κ2) is 6.56. The lowest BCUT2D eigenvalue weighted by molar-refractivity contribution is 0.149. The summed E-state index contributed by atoms with van der Waals surface area (Å²) < 4.78 is 2.13. The highest BCUT2D eigenvalue weighted by Gasteiger charge is 2.29. The van der Waals surface area contributed by atoms with Crippen LogP contribution in [0, 0.1) is 17.3 Å². The lowest BCUT2D eigenvalue weighted by atomic mass is 9.70. The molecule has 108 valence electrons. The minimum absolute atomic E-state index is 0.500. The standard InChI is InChI=1S/C16H29N3/c1-16(2,3)15-6-4-14(5-7-15)12-17-8-10-19-11-9-18-13-19/h9,11,13-15,17H,4-8,10,12H2,1-3H3. The van der Waals surface area contributed by atoms with E-state index in [0.29, 0.717) is 5.41 Å². The summed E-state index contributed by atoms with van der Waals surface area (Å²) >= 11 is 0. The van der Waals surface area contributed by atoms with E-state index in [9.17, 15) is 0 Å². The summed E-state index contributed by atoms with van der Waals surface area (Å²) in [6, 6.07) is 0. The monoisotopic (exact) mass is 263 g/mol. The van der Waals surface area contributed by atoms with Crippen molar-refractivity contribution < 1.29 is 0 Å². The number of aromatic nitrogens is 2. The summed E-state index contributed by atoms with van der Waals surface area (Å²) in [6.07, 6.45) is 11.4. The molecule has 2 rings (SSSR count). The van der Waals surface area contributed by atoms with Crippen molar-refractivity contribution in [2.45, 2.75) is 53.0 Å². The lowest BCUT2D eigenvalue weighted by Gasteiger charge is -2.37. The van der Waals surface area contributed by atoms with Gasteiger partial charge < -0.3 is 9.88 Å². The quantitative estimate of drug-likeness (QED) is 0.826. The van der Waals surface area contributed by atoms with Crippen molar-refractivity contribution in [1.82, 2.24) is 14.9 Å². The van der Waals surface area contributed by atoms with Crippen molar-refractivity contribution in [3.63, 3.8) is 0 Å². The van der Waals surface area contributed by atoms with Gasteiger partial charge in [0.1, 0.15) is 0 Å². The van der Waals surface area contributed by atoms with Crippen LogP contribution in [0.15, 0.2) is 18.7 Å². The Kier molecular flexibility index (Phi) is 5.03. The van der Waals surface area contributed by atoms with Gasteiger partial charge in [-0.15, -0.1) is 0 Å². The van der Waals surface area contributed by atoms with Crippen LogP contribution in [-0.2, 0) is 6.54 Å². The Hall–Kier alpha value is -0.830. The molecular weight excluding hydrogens is 234 g/mol. The molecule has 1 aliphatic rings. The summed E-state index contributed by atoms with van der Waals surface area (Å²) in [7, 11) is 0. The Bertz CT molecular complexity index is 343. The van der Waals surface area contributed by atoms with Crippen LogP contribution >= 0.6 is 0 Å². The van der Waals surface area contributed by atoms with Crippen LogP contribution < -0.4 is 5.32 Å². The zero-order valence-corrected chi connectivity index (χ0v) is 12.7. The molecule has 1 N–H and O–H groups in total. The summed E-state index contributed by atoms with van der Waals surface area (Å²) in [5.74, 6) is 1.82. The smallest absolute Gasteiger partial charge is 0.0946 e. The summed E-state index contributed by atoms with van der Waals surface area (Å²) in [4.78, 5) is 4.06. The Morgan fingerprint density at radius 3 is 2.53 bits per heavy atom. The van der Waals surface area contributed by atoms with Crippen LogP contribution in [0.1, 0.15) is 46.5 Å². The molecule has 0 atom stereocenters. The highest BCUT2D eigenvalue weighted by molar-refractivity contribution is 4.81. The maximum absolute atomic E-state index is 4.06. The van der Waals surface area contributed by atoms with Gasteiger partial charge in [-0.2, -0.15) is 0 Å². The predicted molar refractivity (Wildman–Crippen MR) is 80.0 cm³/mol. The van der Waals surface area contributed by atoms with Crippen LogP contribution in [0.5, 0.6) is 0 Å². The molecule has 1 saturated carbocycles. The van der Waals surface area contributed by atoms with E-state index in [1.165, 1.54) is 32.2 Å². The van der Waals surface area contributed by atoms with Gasteiger partial charge in [0.25, 0.3) is 0 Å². The first kappa shape index (κ1) is 14.6. The second-order valence-corrected chi connectivity index (χ2v) is 7.09. The van der Waals surface area contributed by atoms with Crippen LogP contribution in [0.2, 0.25) is 0 Å².